The fourth-order valence-electron chi connectivity index (χ4n) is 3.06. The molecule has 1 aliphatic rings. The summed E-state index contributed by atoms with van der Waals surface area (Å²) in [6.45, 7) is 11.1. The molecule has 0 saturated carbocycles. The molecule has 0 unspecified atom stereocenters. The summed E-state index contributed by atoms with van der Waals surface area (Å²) in [7, 11) is 0. The lowest BCUT2D eigenvalue weighted by Crippen LogP contribution is -2.38. The molecule has 3 heteroatoms. The minimum Gasteiger partial charge on any atom is -0.379 e. The van der Waals surface area contributed by atoms with Crippen molar-refractivity contribution in [2.24, 2.45) is 0 Å². The Balaban J connectivity index is 2.08. The molecule has 0 aromatic rings. The summed E-state index contributed by atoms with van der Waals surface area (Å²) in [6.07, 6.45) is 12.2. The third kappa shape index (κ3) is 10.3. The van der Waals surface area contributed by atoms with Gasteiger partial charge >= 0.3 is 0 Å². The van der Waals surface area contributed by atoms with Crippen molar-refractivity contribution in [3.8, 4) is 0 Å². The Kier molecular flexibility index (Phi) is 12.2. The van der Waals surface area contributed by atoms with Gasteiger partial charge in [0.05, 0.1) is 13.2 Å². The fourth-order valence-corrected chi connectivity index (χ4v) is 3.06. The van der Waals surface area contributed by atoms with Crippen molar-refractivity contribution in [2.75, 3.05) is 39.4 Å². The summed E-state index contributed by atoms with van der Waals surface area (Å²) in [5.41, 5.74) is 0. The number of ether oxygens (including phenoxy) is 1. The van der Waals surface area contributed by atoms with Crippen LogP contribution in [0.1, 0.15) is 71.6 Å². The molecule has 0 aromatic heterocycles. The first-order chi connectivity index (χ1) is 10.4. The summed E-state index contributed by atoms with van der Waals surface area (Å²) in [6, 6.07) is 0.757. The van der Waals surface area contributed by atoms with Crippen LogP contribution in [-0.2, 0) is 4.74 Å². The first-order valence-electron chi connectivity index (χ1n) is 9.40. The van der Waals surface area contributed by atoms with Gasteiger partial charge in [0.2, 0.25) is 0 Å². The summed E-state index contributed by atoms with van der Waals surface area (Å²) in [4.78, 5) is 2.54. The quantitative estimate of drug-likeness (QED) is 0.523. The van der Waals surface area contributed by atoms with Gasteiger partial charge in [-0.2, -0.15) is 0 Å². The molecule has 0 radical (unpaired) electrons. The van der Waals surface area contributed by atoms with Gasteiger partial charge in [-0.1, -0.05) is 52.4 Å². The second-order valence-corrected chi connectivity index (χ2v) is 6.45. The van der Waals surface area contributed by atoms with E-state index in [1.807, 2.05) is 0 Å². The van der Waals surface area contributed by atoms with Crippen LogP contribution in [-0.4, -0.2) is 50.3 Å². The number of nitrogens with one attached hydrogen (secondary N) is 1. The number of unbranched alkanes of at least 4 members (excludes halogenated alkanes) is 4. The second kappa shape index (κ2) is 13.5. The maximum absolute atomic E-state index is 5.40. The third-order valence-corrected chi connectivity index (χ3v) is 4.50. The van der Waals surface area contributed by atoms with Crippen LogP contribution in [0.5, 0.6) is 0 Å². The maximum Gasteiger partial charge on any atom is 0.0594 e. The zero-order valence-corrected chi connectivity index (χ0v) is 14.5. The predicted octanol–water partition coefficient (Wildman–Crippen LogP) is 3.83. The summed E-state index contributed by atoms with van der Waals surface area (Å²) in [5, 5.41) is 3.82. The van der Waals surface area contributed by atoms with Crippen molar-refractivity contribution in [1.29, 1.82) is 0 Å². The Morgan fingerprint density at radius 1 is 0.905 bits per heavy atom. The van der Waals surface area contributed by atoms with E-state index in [1.54, 1.807) is 0 Å². The minimum atomic E-state index is 0.757. The Labute approximate surface area is 132 Å². The molecule has 0 aliphatic carbocycles. The summed E-state index contributed by atoms with van der Waals surface area (Å²) >= 11 is 0. The number of morpholine rings is 1. The molecule has 0 spiro atoms. The highest BCUT2D eigenvalue weighted by Gasteiger charge is 2.10. The highest BCUT2D eigenvalue weighted by molar-refractivity contribution is 4.69. The number of hydrogen-bond donors (Lipinski definition) is 1. The smallest absolute Gasteiger partial charge is 0.0594 e. The Bertz CT molecular complexity index is 207. The van der Waals surface area contributed by atoms with Crippen LogP contribution in [0, 0.1) is 0 Å². The Hall–Kier alpha value is -0.120. The van der Waals surface area contributed by atoms with E-state index in [0.717, 1.165) is 32.3 Å². The van der Waals surface area contributed by atoms with Crippen molar-refractivity contribution in [2.45, 2.75) is 77.7 Å². The van der Waals surface area contributed by atoms with Crippen molar-refractivity contribution in [3.63, 3.8) is 0 Å². The van der Waals surface area contributed by atoms with Crippen molar-refractivity contribution in [3.05, 3.63) is 0 Å². The van der Waals surface area contributed by atoms with E-state index in [4.69, 9.17) is 4.74 Å². The van der Waals surface area contributed by atoms with Crippen molar-refractivity contribution >= 4 is 0 Å². The van der Waals surface area contributed by atoms with Crippen LogP contribution in [0.3, 0.4) is 0 Å². The number of hydrogen-bond acceptors (Lipinski definition) is 3. The summed E-state index contributed by atoms with van der Waals surface area (Å²) < 4.78 is 5.40. The van der Waals surface area contributed by atoms with Gasteiger partial charge in [0.15, 0.2) is 0 Å². The first-order valence-corrected chi connectivity index (χ1v) is 9.40. The van der Waals surface area contributed by atoms with E-state index in [-0.39, 0.29) is 0 Å². The minimum absolute atomic E-state index is 0.757. The molecule has 1 aliphatic heterocycles. The molecule has 0 atom stereocenters. The molecule has 0 bridgehead atoms. The molecular weight excluding hydrogens is 260 g/mol. The largest absolute Gasteiger partial charge is 0.379 e. The third-order valence-electron chi connectivity index (χ3n) is 4.50. The second-order valence-electron chi connectivity index (χ2n) is 6.45. The SMILES string of the molecule is CCCCCC(CCCCC)NCCCN1CCOCC1. The monoisotopic (exact) mass is 298 g/mol. The molecular formula is C18H38N2O. The standard InChI is InChI=1S/C18H38N2O/c1-3-5-7-10-18(11-8-6-4-2)19-12-9-13-20-14-16-21-17-15-20/h18-19H,3-17H2,1-2H3. The van der Waals surface area contributed by atoms with Gasteiger partial charge in [0, 0.05) is 19.1 Å². The molecule has 21 heavy (non-hydrogen) atoms. The van der Waals surface area contributed by atoms with E-state index < -0.39 is 0 Å². The van der Waals surface area contributed by atoms with Gasteiger partial charge in [-0.25, -0.2) is 0 Å². The molecule has 1 N–H and O–H groups in total. The van der Waals surface area contributed by atoms with Crippen LogP contribution < -0.4 is 5.32 Å². The molecule has 1 saturated heterocycles. The van der Waals surface area contributed by atoms with Crippen LogP contribution in [0.4, 0.5) is 0 Å². The highest BCUT2D eigenvalue weighted by Crippen LogP contribution is 2.11. The van der Waals surface area contributed by atoms with Gasteiger partial charge in [0.1, 0.15) is 0 Å². The van der Waals surface area contributed by atoms with Gasteiger partial charge in [-0.15, -0.1) is 0 Å². The lowest BCUT2D eigenvalue weighted by Gasteiger charge is -2.27. The topological polar surface area (TPSA) is 24.5 Å². The Morgan fingerprint density at radius 3 is 2.10 bits per heavy atom. The van der Waals surface area contributed by atoms with Crippen LogP contribution in [0.2, 0.25) is 0 Å². The zero-order chi connectivity index (χ0) is 15.2. The molecule has 126 valence electrons. The maximum atomic E-state index is 5.40. The van der Waals surface area contributed by atoms with E-state index in [9.17, 15) is 0 Å². The van der Waals surface area contributed by atoms with E-state index in [2.05, 4.69) is 24.1 Å². The van der Waals surface area contributed by atoms with Crippen LogP contribution in [0.15, 0.2) is 0 Å². The van der Waals surface area contributed by atoms with Crippen LogP contribution in [0.25, 0.3) is 0 Å². The average Bonchev–Trinajstić information content (AvgIpc) is 2.52. The fraction of sp³-hybridized carbons (Fsp3) is 1.00. The van der Waals surface area contributed by atoms with Crippen molar-refractivity contribution < 1.29 is 4.74 Å². The summed E-state index contributed by atoms with van der Waals surface area (Å²) in [5.74, 6) is 0. The van der Waals surface area contributed by atoms with Gasteiger partial charge in [-0.05, 0) is 32.4 Å². The number of nitrogens with zero attached hydrogens (tertiary/aromatic N) is 1. The van der Waals surface area contributed by atoms with Gasteiger partial charge in [-0.3, -0.25) is 4.90 Å². The van der Waals surface area contributed by atoms with E-state index >= 15 is 0 Å². The lowest BCUT2D eigenvalue weighted by atomic mass is 10.0. The van der Waals surface area contributed by atoms with Crippen LogP contribution >= 0.6 is 0 Å². The van der Waals surface area contributed by atoms with Gasteiger partial charge < -0.3 is 10.1 Å². The first kappa shape index (κ1) is 18.9. The number of rotatable bonds is 13. The molecule has 0 aromatic carbocycles. The van der Waals surface area contributed by atoms with Crippen molar-refractivity contribution in [1.82, 2.24) is 10.2 Å². The predicted molar refractivity (Wildman–Crippen MR) is 92.0 cm³/mol. The highest BCUT2D eigenvalue weighted by atomic mass is 16.5. The normalized spacial score (nSPS) is 16.7. The molecule has 0 amide bonds. The van der Waals surface area contributed by atoms with E-state index in [1.165, 1.54) is 70.9 Å². The van der Waals surface area contributed by atoms with E-state index in [0.29, 0.717) is 0 Å². The Morgan fingerprint density at radius 2 is 1.52 bits per heavy atom. The lowest BCUT2D eigenvalue weighted by molar-refractivity contribution is 0.0373. The van der Waals surface area contributed by atoms with Gasteiger partial charge in [0.25, 0.3) is 0 Å². The molecule has 1 fully saturated rings. The zero-order valence-electron chi connectivity index (χ0n) is 14.5. The molecule has 3 nitrogen and oxygen atoms in total. The molecule has 1 heterocycles. The molecule has 1 rings (SSSR count). The average molecular weight is 299 g/mol.